The molecule has 80 valence electrons. The highest BCUT2D eigenvalue weighted by atomic mass is 16.4. The standard InChI is InChI=1S/C11H12O4/c1-11(2,15)8-6-4-3-5-7(8)9(12)10(13)14/h3-6,15H,1-2H3,(H,13,14). The average molecular weight is 208 g/mol. The molecule has 1 aromatic carbocycles. The fraction of sp³-hybridized carbons (Fsp3) is 0.273. The lowest BCUT2D eigenvalue weighted by Gasteiger charge is -2.20. The topological polar surface area (TPSA) is 74.6 Å². The highest BCUT2D eigenvalue weighted by Crippen LogP contribution is 2.23. The molecule has 1 aromatic rings. The predicted octanol–water partition coefficient (Wildman–Crippen LogP) is 1.18. The number of carboxylic acid groups (broad SMARTS) is 1. The summed E-state index contributed by atoms with van der Waals surface area (Å²) < 4.78 is 0. The number of hydrogen-bond acceptors (Lipinski definition) is 3. The van der Waals surface area contributed by atoms with Crippen LogP contribution in [-0.4, -0.2) is 22.0 Å². The Morgan fingerprint density at radius 3 is 2.20 bits per heavy atom. The Hall–Kier alpha value is -1.68. The van der Waals surface area contributed by atoms with Crippen LogP contribution in [0.2, 0.25) is 0 Å². The summed E-state index contributed by atoms with van der Waals surface area (Å²) >= 11 is 0. The maximum atomic E-state index is 11.3. The second kappa shape index (κ2) is 3.82. The van der Waals surface area contributed by atoms with Crippen molar-refractivity contribution >= 4 is 11.8 Å². The van der Waals surface area contributed by atoms with Crippen LogP contribution in [0.3, 0.4) is 0 Å². The van der Waals surface area contributed by atoms with E-state index in [0.29, 0.717) is 5.56 Å². The van der Waals surface area contributed by atoms with Gasteiger partial charge >= 0.3 is 5.97 Å². The van der Waals surface area contributed by atoms with Crippen LogP contribution in [0.4, 0.5) is 0 Å². The molecule has 0 fully saturated rings. The van der Waals surface area contributed by atoms with Gasteiger partial charge < -0.3 is 10.2 Å². The third-order valence-electron chi connectivity index (χ3n) is 2.03. The SMILES string of the molecule is CC(C)(O)c1ccccc1C(=O)C(=O)O. The van der Waals surface area contributed by atoms with E-state index in [1.165, 1.54) is 26.0 Å². The van der Waals surface area contributed by atoms with Crippen LogP contribution in [0.1, 0.15) is 29.8 Å². The van der Waals surface area contributed by atoms with Crippen LogP contribution in [0, 0.1) is 0 Å². The monoisotopic (exact) mass is 208 g/mol. The molecule has 0 radical (unpaired) electrons. The van der Waals surface area contributed by atoms with Gasteiger partial charge in [-0.3, -0.25) is 4.79 Å². The molecule has 0 aliphatic carbocycles. The number of ketones is 1. The second-order valence-electron chi connectivity index (χ2n) is 3.74. The number of carbonyl (C=O) groups is 2. The number of aliphatic hydroxyl groups is 1. The van der Waals surface area contributed by atoms with Crippen LogP contribution >= 0.6 is 0 Å². The first-order valence-corrected chi connectivity index (χ1v) is 4.43. The minimum Gasteiger partial charge on any atom is -0.475 e. The number of aliphatic carboxylic acids is 1. The lowest BCUT2D eigenvalue weighted by atomic mass is 9.91. The summed E-state index contributed by atoms with van der Waals surface area (Å²) in [4.78, 5) is 21.8. The summed E-state index contributed by atoms with van der Waals surface area (Å²) in [5.41, 5.74) is -0.892. The smallest absolute Gasteiger partial charge is 0.377 e. The Morgan fingerprint density at radius 1 is 1.20 bits per heavy atom. The minimum absolute atomic E-state index is 0.0255. The van der Waals surface area contributed by atoms with Gasteiger partial charge in [0.15, 0.2) is 0 Å². The van der Waals surface area contributed by atoms with E-state index in [4.69, 9.17) is 5.11 Å². The van der Waals surface area contributed by atoms with Crippen molar-refractivity contribution in [2.75, 3.05) is 0 Å². The first-order valence-electron chi connectivity index (χ1n) is 4.43. The molecule has 0 saturated heterocycles. The molecule has 0 aromatic heterocycles. The van der Waals surface area contributed by atoms with Gasteiger partial charge in [0.05, 0.1) is 5.60 Å². The van der Waals surface area contributed by atoms with Gasteiger partial charge in [-0.05, 0) is 19.4 Å². The van der Waals surface area contributed by atoms with Gasteiger partial charge in [-0.2, -0.15) is 0 Å². The zero-order chi connectivity index (χ0) is 11.6. The summed E-state index contributed by atoms with van der Waals surface area (Å²) in [5, 5.41) is 18.3. The Morgan fingerprint density at radius 2 is 1.73 bits per heavy atom. The van der Waals surface area contributed by atoms with Crippen molar-refractivity contribution in [1.82, 2.24) is 0 Å². The van der Waals surface area contributed by atoms with Crippen molar-refractivity contribution in [2.45, 2.75) is 19.4 Å². The van der Waals surface area contributed by atoms with Crippen molar-refractivity contribution in [3.8, 4) is 0 Å². The Kier molecular flexibility index (Phi) is 2.90. The largest absolute Gasteiger partial charge is 0.475 e. The number of hydrogen-bond donors (Lipinski definition) is 2. The fourth-order valence-corrected chi connectivity index (χ4v) is 1.33. The van der Waals surface area contributed by atoms with Crippen molar-refractivity contribution in [3.63, 3.8) is 0 Å². The first-order chi connectivity index (χ1) is 6.84. The zero-order valence-corrected chi connectivity index (χ0v) is 8.52. The van der Waals surface area contributed by atoms with Gasteiger partial charge in [-0.25, -0.2) is 4.79 Å². The normalized spacial score (nSPS) is 11.1. The Bertz CT molecular complexity index is 401. The van der Waals surface area contributed by atoms with Gasteiger partial charge in [0.2, 0.25) is 0 Å². The van der Waals surface area contributed by atoms with Crippen LogP contribution in [-0.2, 0) is 10.4 Å². The van der Waals surface area contributed by atoms with Gasteiger partial charge in [-0.15, -0.1) is 0 Å². The lowest BCUT2D eigenvalue weighted by molar-refractivity contribution is -0.131. The zero-order valence-electron chi connectivity index (χ0n) is 8.52. The van der Waals surface area contributed by atoms with E-state index in [1.54, 1.807) is 12.1 Å². The molecule has 0 amide bonds. The van der Waals surface area contributed by atoms with E-state index < -0.39 is 17.4 Å². The molecule has 1 rings (SSSR count). The Balaban J connectivity index is 3.31. The van der Waals surface area contributed by atoms with Gasteiger partial charge in [0.1, 0.15) is 0 Å². The molecule has 4 heteroatoms. The van der Waals surface area contributed by atoms with Crippen molar-refractivity contribution in [2.24, 2.45) is 0 Å². The van der Waals surface area contributed by atoms with Crippen LogP contribution in [0.5, 0.6) is 0 Å². The van der Waals surface area contributed by atoms with Gasteiger partial charge in [0, 0.05) is 5.56 Å². The summed E-state index contributed by atoms with van der Waals surface area (Å²) in [6, 6.07) is 6.14. The van der Waals surface area contributed by atoms with E-state index in [-0.39, 0.29) is 5.56 Å². The molecule has 0 aliphatic rings. The molecule has 0 spiro atoms. The van der Waals surface area contributed by atoms with E-state index in [2.05, 4.69) is 0 Å². The second-order valence-corrected chi connectivity index (χ2v) is 3.74. The molecule has 4 nitrogen and oxygen atoms in total. The number of Topliss-reactive ketones (excluding diaryl/α,β-unsaturated/α-hetero) is 1. The van der Waals surface area contributed by atoms with Crippen molar-refractivity contribution < 1.29 is 19.8 Å². The number of benzene rings is 1. The maximum absolute atomic E-state index is 11.3. The highest BCUT2D eigenvalue weighted by Gasteiger charge is 2.25. The van der Waals surface area contributed by atoms with Gasteiger partial charge in [0.25, 0.3) is 5.78 Å². The fourth-order valence-electron chi connectivity index (χ4n) is 1.33. The quantitative estimate of drug-likeness (QED) is 0.577. The van der Waals surface area contributed by atoms with Crippen LogP contribution < -0.4 is 0 Å². The molecule has 0 unspecified atom stereocenters. The highest BCUT2D eigenvalue weighted by molar-refractivity contribution is 6.40. The number of carbonyl (C=O) groups excluding carboxylic acids is 1. The van der Waals surface area contributed by atoms with Crippen molar-refractivity contribution in [1.29, 1.82) is 0 Å². The third-order valence-corrected chi connectivity index (χ3v) is 2.03. The van der Waals surface area contributed by atoms with E-state index in [9.17, 15) is 14.7 Å². The predicted molar refractivity (Wildman–Crippen MR) is 53.7 cm³/mol. The van der Waals surface area contributed by atoms with Crippen LogP contribution in [0.25, 0.3) is 0 Å². The number of carboxylic acids is 1. The molecule has 0 bridgehead atoms. The van der Waals surface area contributed by atoms with E-state index in [1.807, 2.05) is 0 Å². The summed E-state index contributed by atoms with van der Waals surface area (Å²) in [5.74, 6) is -2.53. The maximum Gasteiger partial charge on any atom is 0.377 e. The first kappa shape index (κ1) is 11.4. The minimum atomic E-state index is -1.52. The molecule has 2 N–H and O–H groups in total. The Labute approximate surface area is 87.2 Å². The molecule has 0 aliphatic heterocycles. The molecular weight excluding hydrogens is 196 g/mol. The van der Waals surface area contributed by atoms with E-state index in [0.717, 1.165) is 0 Å². The third kappa shape index (κ3) is 2.41. The van der Waals surface area contributed by atoms with Crippen LogP contribution in [0.15, 0.2) is 24.3 Å². The summed E-state index contributed by atoms with van der Waals surface area (Å²) in [7, 11) is 0. The number of rotatable bonds is 3. The van der Waals surface area contributed by atoms with Crippen molar-refractivity contribution in [3.05, 3.63) is 35.4 Å². The molecule has 0 heterocycles. The summed E-state index contributed by atoms with van der Waals surface area (Å²) in [6.45, 7) is 3.00. The average Bonchev–Trinajstić information content (AvgIpc) is 2.15. The lowest BCUT2D eigenvalue weighted by Crippen LogP contribution is -2.23. The molecule has 0 atom stereocenters. The van der Waals surface area contributed by atoms with Gasteiger partial charge in [-0.1, -0.05) is 24.3 Å². The molecular formula is C11H12O4. The molecule has 0 saturated carbocycles. The summed E-state index contributed by atoms with van der Waals surface area (Å²) in [6.07, 6.45) is 0. The molecule has 15 heavy (non-hydrogen) atoms. The van der Waals surface area contributed by atoms with E-state index >= 15 is 0 Å².